The second-order valence-corrected chi connectivity index (χ2v) is 6.30. The van der Waals surface area contributed by atoms with E-state index in [4.69, 9.17) is 5.73 Å². The number of nitrogens with one attached hydrogen (secondary N) is 1. The van der Waals surface area contributed by atoms with Gasteiger partial charge in [0.25, 0.3) is 5.56 Å². The second-order valence-electron chi connectivity index (χ2n) is 6.30. The summed E-state index contributed by atoms with van der Waals surface area (Å²) in [6.45, 7) is 7.13. The number of hydrogen-bond acceptors (Lipinski definition) is 3. The minimum Gasteiger partial charge on any atom is -0.330 e. The minimum atomic E-state index is -0.119. The number of hydrogen-bond donors (Lipinski definition) is 2. The summed E-state index contributed by atoms with van der Waals surface area (Å²) >= 11 is 0. The Balaban J connectivity index is 2.33. The number of aromatic amines is 1. The Morgan fingerprint density at radius 2 is 1.86 bits per heavy atom. The first-order valence-corrected chi connectivity index (χ1v) is 7.31. The highest BCUT2D eigenvalue weighted by Crippen LogP contribution is 2.24. The lowest BCUT2D eigenvalue weighted by atomic mass is 9.87. The van der Waals surface area contributed by atoms with Gasteiger partial charge in [0, 0.05) is 17.3 Å². The van der Waals surface area contributed by atoms with Crippen molar-refractivity contribution in [2.45, 2.75) is 39.0 Å². The first-order valence-electron chi connectivity index (χ1n) is 7.31. The molecule has 0 aliphatic carbocycles. The number of rotatable bonds is 4. The van der Waals surface area contributed by atoms with Gasteiger partial charge in [-0.3, -0.25) is 4.79 Å². The van der Waals surface area contributed by atoms with Crippen molar-refractivity contribution in [3.05, 3.63) is 51.9 Å². The van der Waals surface area contributed by atoms with E-state index < -0.39 is 0 Å². The van der Waals surface area contributed by atoms with Gasteiger partial charge in [0.15, 0.2) is 0 Å². The maximum atomic E-state index is 11.7. The van der Waals surface area contributed by atoms with E-state index in [9.17, 15) is 4.79 Å². The predicted octanol–water partition coefficient (Wildman–Crippen LogP) is 2.63. The number of benzene rings is 1. The van der Waals surface area contributed by atoms with Crippen LogP contribution >= 0.6 is 0 Å². The molecule has 0 radical (unpaired) electrons. The van der Waals surface area contributed by atoms with Crippen molar-refractivity contribution in [3.8, 4) is 11.4 Å². The highest BCUT2D eigenvalue weighted by atomic mass is 16.1. The quantitative estimate of drug-likeness (QED) is 0.907. The largest absolute Gasteiger partial charge is 0.330 e. The van der Waals surface area contributed by atoms with Crippen molar-refractivity contribution in [1.82, 2.24) is 9.97 Å². The molecule has 0 aliphatic heterocycles. The van der Waals surface area contributed by atoms with Gasteiger partial charge in [0.1, 0.15) is 5.82 Å². The Morgan fingerprint density at radius 1 is 1.19 bits per heavy atom. The fraction of sp³-hybridized carbons (Fsp3) is 0.412. The maximum absolute atomic E-state index is 11.7. The Bertz CT molecular complexity index is 651. The van der Waals surface area contributed by atoms with E-state index in [0.29, 0.717) is 12.4 Å². The molecule has 0 amide bonds. The number of nitrogens with two attached hydrogens (primary N) is 1. The molecular formula is C17H23N3O. The highest BCUT2D eigenvalue weighted by molar-refractivity contribution is 5.55. The summed E-state index contributed by atoms with van der Waals surface area (Å²) < 4.78 is 0. The topological polar surface area (TPSA) is 71.8 Å². The molecule has 0 atom stereocenters. The summed E-state index contributed by atoms with van der Waals surface area (Å²) in [4.78, 5) is 19.1. The van der Waals surface area contributed by atoms with Gasteiger partial charge in [0.2, 0.25) is 0 Å². The van der Waals surface area contributed by atoms with Gasteiger partial charge in [-0.2, -0.15) is 0 Å². The van der Waals surface area contributed by atoms with Crippen molar-refractivity contribution >= 4 is 0 Å². The van der Waals surface area contributed by atoms with E-state index in [1.54, 1.807) is 6.07 Å². The summed E-state index contributed by atoms with van der Waals surface area (Å²) in [5.41, 5.74) is 8.48. The van der Waals surface area contributed by atoms with Crippen LogP contribution in [0.4, 0.5) is 0 Å². The van der Waals surface area contributed by atoms with Crippen LogP contribution in [0.5, 0.6) is 0 Å². The molecule has 0 fully saturated rings. The fourth-order valence-corrected chi connectivity index (χ4v) is 2.18. The summed E-state index contributed by atoms with van der Waals surface area (Å²) in [7, 11) is 0. The Kier molecular flexibility index (Phi) is 4.58. The zero-order valence-corrected chi connectivity index (χ0v) is 12.9. The van der Waals surface area contributed by atoms with Gasteiger partial charge >= 0.3 is 0 Å². The normalized spacial score (nSPS) is 11.6. The van der Waals surface area contributed by atoms with Gasteiger partial charge in [-0.05, 0) is 30.4 Å². The second kappa shape index (κ2) is 6.22. The predicted molar refractivity (Wildman–Crippen MR) is 86.4 cm³/mol. The van der Waals surface area contributed by atoms with E-state index in [-0.39, 0.29) is 11.0 Å². The van der Waals surface area contributed by atoms with Crippen LogP contribution in [0.1, 0.15) is 38.4 Å². The molecule has 1 aromatic heterocycles. The SMILES string of the molecule is CC(C)(C)c1ccc(-c2nc(CCCN)cc(=O)[nH]2)cc1. The molecule has 2 aromatic rings. The number of aryl methyl sites for hydroxylation is 1. The Morgan fingerprint density at radius 3 is 2.43 bits per heavy atom. The third kappa shape index (κ3) is 4.02. The third-order valence-corrected chi connectivity index (χ3v) is 3.46. The van der Waals surface area contributed by atoms with Crippen molar-refractivity contribution in [2.75, 3.05) is 6.54 Å². The molecule has 0 unspecified atom stereocenters. The lowest BCUT2D eigenvalue weighted by Gasteiger charge is -2.19. The summed E-state index contributed by atoms with van der Waals surface area (Å²) in [6, 6.07) is 9.73. The summed E-state index contributed by atoms with van der Waals surface area (Å²) in [5.74, 6) is 0.620. The number of H-pyrrole nitrogens is 1. The van der Waals surface area contributed by atoms with Crippen LogP contribution in [-0.2, 0) is 11.8 Å². The van der Waals surface area contributed by atoms with Crippen LogP contribution in [-0.4, -0.2) is 16.5 Å². The van der Waals surface area contributed by atoms with Crippen molar-refractivity contribution in [3.63, 3.8) is 0 Å². The zero-order chi connectivity index (χ0) is 15.5. The molecule has 0 saturated heterocycles. The van der Waals surface area contributed by atoms with Crippen molar-refractivity contribution in [1.29, 1.82) is 0 Å². The lowest BCUT2D eigenvalue weighted by molar-refractivity contribution is 0.590. The van der Waals surface area contributed by atoms with E-state index in [1.165, 1.54) is 5.56 Å². The summed E-state index contributed by atoms with van der Waals surface area (Å²) in [6.07, 6.45) is 1.56. The number of nitrogens with zero attached hydrogens (tertiary/aromatic N) is 1. The molecule has 3 N–H and O–H groups in total. The molecular weight excluding hydrogens is 262 g/mol. The first-order chi connectivity index (χ1) is 9.90. The number of aromatic nitrogens is 2. The van der Waals surface area contributed by atoms with Gasteiger partial charge in [0.05, 0.1) is 0 Å². The molecule has 4 heteroatoms. The van der Waals surface area contributed by atoms with Crippen LogP contribution in [0.2, 0.25) is 0 Å². The van der Waals surface area contributed by atoms with Gasteiger partial charge in [-0.25, -0.2) is 4.98 Å². The molecule has 1 aromatic carbocycles. The van der Waals surface area contributed by atoms with Gasteiger partial charge in [-0.1, -0.05) is 45.0 Å². The van der Waals surface area contributed by atoms with Crippen molar-refractivity contribution < 1.29 is 0 Å². The molecule has 0 bridgehead atoms. The van der Waals surface area contributed by atoms with E-state index in [2.05, 4.69) is 42.9 Å². The fourth-order valence-electron chi connectivity index (χ4n) is 2.18. The molecule has 0 spiro atoms. The lowest BCUT2D eigenvalue weighted by Crippen LogP contribution is -2.12. The maximum Gasteiger partial charge on any atom is 0.251 e. The van der Waals surface area contributed by atoms with Crippen LogP contribution in [0.3, 0.4) is 0 Å². The van der Waals surface area contributed by atoms with Crippen LogP contribution in [0, 0.1) is 0 Å². The molecule has 4 nitrogen and oxygen atoms in total. The van der Waals surface area contributed by atoms with Crippen molar-refractivity contribution in [2.24, 2.45) is 5.73 Å². The molecule has 0 saturated carbocycles. The minimum absolute atomic E-state index is 0.113. The molecule has 21 heavy (non-hydrogen) atoms. The molecule has 112 valence electrons. The van der Waals surface area contributed by atoms with Gasteiger partial charge in [-0.15, -0.1) is 0 Å². The Labute approximate surface area is 125 Å². The first kappa shape index (κ1) is 15.4. The average Bonchev–Trinajstić information content (AvgIpc) is 2.44. The molecule has 1 heterocycles. The third-order valence-electron chi connectivity index (χ3n) is 3.46. The van der Waals surface area contributed by atoms with Crippen LogP contribution in [0.25, 0.3) is 11.4 Å². The monoisotopic (exact) mass is 285 g/mol. The van der Waals surface area contributed by atoms with Gasteiger partial charge < -0.3 is 10.7 Å². The molecule has 0 aliphatic rings. The zero-order valence-electron chi connectivity index (χ0n) is 12.9. The smallest absolute Gasteiger partial charge is 0.251 e. The van der Waals surface area contributed by atoms with E-state index in [0.717, 1.165) is 24.1 Å². The van der Waals surface area contributed by atoms with E-state index in [1.807, 2.05) is 12.1 Å². The highest BCUT2D eigenvalue weighted by Gasteiger charge is 2.13. The standard InChI is InChI=1S/C17H23N3O/c1-17(2,3)13-8-6-12(7-9-13)16-19-14(5-4-10-18)11-15(21)20-16/h6-9,11H,4-5,10,18H2,1-3H3,(H,19,20,21). The Hall–Kier alpha value is -1.94. The molecule has 2 rings (SSSR count). The summed E-state index contributed by atoms with van der Waals surface area (Å²) in [5, 5.41) is 0. The van der Waals surface area contributed by atoms with Crippen LogP contribution in [0.15, 0.2) is 35.1 Å². The van der Waals surface area contributed by atoms with E-state index >= 15 is 0 Å². The average molecular weight is 285 g/mol. The van der Waals surface area contributed by atoms with Crippen LogP contribution < -0.4 is 11.3 Å².